The quantitative estimate of drug-likeness (QED) is 0.454. The molecule has 0 fully saturated rings. The molecule has 1 rings (SSSR count). The summed E-state index contributed by atoms with van der Waals surface area (Å²) in [4.78, 5) is 9.86. The molecule has 0 spiro atoms. The zero-order chi connectivity index (χ0) is 15.4. The third-order valence-corrected chi connectivity index (χ3v) is 2.27. The lowest BCUT2D eigenvalue weighted by Gasteiger charge is -2.24. The molecule has 0 bridgehead atoms. The highest BCUT2D eigenvalue weighted by Gasteiger charge is 2.34. The van der Waals surface area contributed by atoms with E-state index in [1.54, 1.807) is 20.8 Å². The Morgan fingerprint density at radius 3 is 2.05 bits per heavy atom. The molecule has 20 heavy (non-hydrogen) atoms. The molecule has 0 aliphatic heterocycles. The maximum atomic E-state index is 12.8. The average molecular weight is 294 g/mol. The molecule has 0 aliphatic rings. The summed E-state index contributed by atoms with van der Waals surface area (Å²) in [6, 6.07) is 5.26. The highest BCUT2D eigenvalue weighted by atomic mass is 19.4. The molecule has 0 saturated carbocycles. The van der Waals surface area contributed by atoms with Crippen LogP contribution in [-0.2, 0) is 16.2 Å². The topological polar surface area (TPSA) is 18.5 Å². The summed E-state index contributed by atoms with van der Waals surface area (Å²) in [5.41, 5.74) is -0.148. The molecule has 0 saturated heterocycles. The Balaban J connectivity index is 2.69. The number of hydrogen-bond donors (Lipinski definition) is 0. The summed E-state index contributed by atoms with van der Waals surface area (Å²) in [5, 5.41) is 0. The van der Waals surface area contributed by atoms with Gasteiger partial charge in [0.15, 0.2) is 0 Å². The number of alkyl halides is 3. The largest absolute Gasteiger partial charge is 0.391 e. The minimum absolute atomic E-state index is 0.00410. The van der Waals surface area contributed by atoms with Crippen LogP contribution in [0.4, 0.5) is 17.6 Å². The predicted molar refractivity (Wildman–Crippen MR) is 66.5 cm³/mol. The van der Waals surface area contributed by atoms with Crippen LogP contribution >= 0.6 is 0 Å². The molecule has 1 atom stereocenters. The summed E-state index contributed by atoms with van der Waals surface area (Å²) in [6.07, 6.45) is -6.65. The van der Waals surface area contributed by atoms with Crippen LogP contribution in [0.1, 0.15) is 32.8 Å². The van der Waals surface area contributed by atoms with Crippen molar-refractivity contribution in [2.24, 2.45) is 0 Å². The van der Waals surface area contributed by atoms with E-state index >= 15 is 0 Å². The molecule has 0 aliphatic carbocycles. The number of halogens is 4. The molecule has 1 aromatic carbocycles. The van der Waals surface area contributed by atoms with Crippen LogP contribution in [0.2, 0.25) is 0 Å². The third kappa shape index (κ3) is 7.45. The van der Waals surface area contributed by atoms with E-state index in [1.165, 1.54) is 24.3 Å². The zero-order valence-electron chi connectivity index (χ0n) is 11.6. The first-order valence-electron chi connectivity index (χ1n) is 6.21. The first kappa shape index (κ1) is 16.9. The first-order chi connectivity index (χ1) is 9.05. The van der Waals surface area contributed by atoms with Crippen LogP contribution in [-0.4, -0.2) is 17.9 Å². The van der Waals surface area contributed by atoms with E-state index in [-0.39, 0.29) is 6.42 Å². The lowest BCUT2D eigenvalue weighted by Crippen LogP contribution is -2.29. The van der Waals surface area contributed by atoms with Crippen LogP contribution in [0, 0.1) is 5.82 Å². The Labute approximate surface area is 115 Å². The summed E-state index contributed by atoms with van der Waals surface area (Å²) in [6.45, 7) is 5.03. The van der Waals surface area contributed by atoms with Gasteiger partial charge in [-0.3, -0.25) is 0 Å². The van der Waals surface area contributed by atoms with Crippen LogP contribution in [0.5, 0.6) is 0 Å². The molecule has 114 valence electrons. The van der Waals surface area contributed by atoms with E-state index in [2.05, 4.69) is 0 Å². The second-order valence-electron chi connectivity index (χ2n) is 5.56. The predicted octanol–water partition coefficient (Wildman–Crippen LogP) is 4.44. The van der Waals surface area contributed by atoms with E-state index in [0.717, 1.165) is 0 Å². The monoisotopic (exact) mass is 294 g/mol. The van der Waals surface area contributed by atoms with Gasteiger partial charge < -0.3 is 0 Å². The van der Waals surface area contributed by atoms with Gasteiger partial charge in [-0.2, -0.15) is 13.2 Å². The fraction of sp³-hybridized carbons (Fsp3) is 0.571. The minimum atomic E-state index is -4.36. The van der Waals surface area contributed by atoms with Crippen molar-refractivity contribution in [3.8, 4) is 0 Å². The Bertz CT molecular complexity index is 407. The van der Waals surface area contributed by atoms with E-state index < -0.39 is 30.1 Å². The number of benzene rings is 1. The van der Waals surface area contributed by atoms with E-state index in [9.17, 15) is 17.6 Å². The van der Waals surface area contributed by atoms with E-state index in [4.69, 9.17) is 9.78 Å². The van der Waals surface area contributed by atoms with Gasteiger partial charge in [-0.25, -0.2) is 14.2 Å². The lowest BCUT2D eigenvalue weighted by atomic mass is 10.1. The van der Waals surface area contributed by atoms with Crippen molar-refractivity contribution >= 4 is 0 Å². The van der Waals surface area contributed by atoms with Crippen molar-refractivity contribution in [2.45, 2.75) is 51.5 Å². The molecular formula is C14H18F4O2. The minimum Gasteiger partial charge on any atom is -0.232 e. The van der Waals surface area contributed by atoms with Crippen molar-refractivity contribution in [2.75, 3.05) is 0 Å². The molecule has 0 amide bonds. The Kier molecular flexibility index (Phi) is 5.53. The molecule has 0 N–H and O–H groups in total. The van der Waals surface area contributed by atoms with Crippen molar-refractivity contribution in [1.82, 2.24) is 0 Å². The van der Waals surface area contributed by atoms with Gasteiger partial charge in [0.2, 0.25) is 0 Å². The second-order valence-corrected chi connectivity index (χ2v) is 5.56. The van der Waals surface area contributed by atoms with Crippen molar-refractivity contribution in [3.63, 3.8) is 0 Å². The lowest BCUT2D eigenvalue weighted by molar-refractivity contribution is -0.381. The van der Waals surface area contributed by atoms with Gasteiger partial charge >= 0.3 is 6.18 Å². The van der Waals surface area contributed by atoms with E-state index in [1.807, 2.05) is 0 Å². The standard InChI is InChI=1S/C14H18F4O2/c1-13(2,3)20-19-12(9-14(16,17)18)8-10-4-6-11(15)7-5-10/h4-7,12H,8-9H2,1-3H3. The summed E-state index contributed by atoms with van der Waals surface area (Å²) < 4.78 is 50.3. The maximum Gasteiger partial charge on any atom is 0.391 e. The van der Waals surface area contributed by atoms with Crippen LogP contribution in [0.3, 0.4) is 0 Å². The molecule has 0 heterocycles. The molecule has 0 radical (unpaired) electrons. The first-order valence-corrected chi connectivity index (χ1v) is 6.21. The Hall–Kier alpha value is -1.14. The van der Waals surface area contributed by atoms with Gasteiger partial charge in [-0.15, -0.1) is 0 Å². The molecule has 1 aromatic rings. The number of hydrogen-bond acceptors (Lipinski definition) is 2. The van der Waals surface area contributed by atoms with Gasteiger partial charge in [-0.1, -0.05) is 12.1 Å². The van der Waals surface area contributed by atoms with Crippen LogP contribution in [0.25, 0.3) is 0 Å². The van der Waals surface area contributed by atoms with E-state index in [0.29, 0.717) is 5.56 Å². The van der Waals surface area contributed by atoms with Gasteiger partial charge in [0.1, 0.15) is 11.9 Å². The average Bonchev–Trinajstić information content (AvgIpc) is 2.26. The molecule has 0 aromatic heterocycles. The van der Waals surface area contributed by atoms with Crippen LogP contribution < -0.4 is 0 Å². The van der Waals surface area contributed by atoms with Crippen molar-refractivity contribution in [1.29, 1.82) is 0 Å². The fourth-order valence-electron chi connectivity index (χ4n) is 1.49. The maximum absolute atomic E-state index is 12.8. The van der Waals surface area contributed by atoms with Gasteiger partial charge in [0.25, 0.3) is 0 Å². The summed E-state index contributed by atoms with van der Waals surface area (Å²) in [7, 11) is 0. The van der Waals surface area contributed by atoms with Crippen LogP contribution in [0.15, 0.2) is 24.3 Å². The Morgan fingerprint density at radius 2 is 1.60 bits per heavy atom. The Morgan fingerprint density at radius 1 is 1.05 bits per heavy atom. The highest BCUT2D eigenvalue weighted by Crippen LogP contribution is 2.26. The van der Waals surface area contributed by atoms with Crippen molar-refractivity contribution < 1.29 is 27.3 Å². The van der Waals surface area contributed by atoms with Gasteiger partial charge in [0.05, 0.1) is 12.0 Å². The summed E-state index contributed by atoms with van der Waals surface area (Å²) in [5.74, 6) is -0.437. The zero-order valence-corrected chi connectivity index (χ0v) is 11.6. The SMILES string of the molecule is CC(C)(C)OOC(Cc1ccc(F)cc1)CC(F)(F)F. The number of rotatable bonds is 5. The highest BCUT2D eigenvalue weighted by molar-refractivity contribution is 5.16. The van der Waals surface area contributed by atoms with Crippen molar-refractivity contribution in [3.05, 3.63) is 35.6 Å². The normalized spacial score (nSPS) is 14.3. The third-order valence-electron chi connectivity index (χ3n) is 2.27. The second kappa shape index (κ2) is 6.54. The van der Waals surface area contributed by atoms with Gasteiger partial charge in [0, 0.05) is 6.42 Å². The molecule has 1 unspecified atom stereocenters. The molecular weight excluding hydrogens is 276 g/mol. The van der Waals surface area contributed by atoms with Gasteiger partial charge in [-0.05, 0) is 38.5 Å². The summed E-state index contributed by atoms with van der Waals surface area (Å²) >= 11 is 0. The smallest absolute Gasteiger partial charge is 0.232 e. The fourth-order valence-corrected chi connectivity index (χ4v) is 1.49. The molecule has 6 heteroatoms. The molecule has 2 nitrogen and oxygen atoms in total.